The number of carbonyl (C=O) groups is 2. The van der Waals surface area contributed by atoms with E-state index in [1.54, 1.807) is 0 Å². The molecule has 0 spiro atoms. The lowest BCUT2D eigenvalue weighted by Gasteiger charge is -2.64. The molecule has 2 fully saturated rings. The second-order valence-corrected chi connectivity index (χ2v) is 20.0. The van der Waals surface area contributed by atoms with Crippen LogP contribution in [0.2, 0.25) is 0 Å². The van der Waals surface area contributed by atoms with Crippen molar-refractivity contribution in [2.75, 3.05) is 5.75 Å². The van der Waals surface area contributed by atoms with E-state index in [2.05, 4.69) is 77.8 Å². The van der Waals surface area contributed by atoms with Crippen LogP contribution in [0.1, 0.15) is 140 Å². The number of thioether (sulfide) groups is 1. The molecule has 0 radical (unpaired) electrons. The van der Waals surface area contributed by atoms with Crippen molar-refractivity contribution in [2.24, 2.45) is 28.6 Å². The summed E-state index contributed by atoms with van der Waals surface area (Å²) in [7, 11) is 0. The normalized spacial score (nSPS) is 38.2. The minimum atomic E-state index is -0.849. The van der Waals surface area contributed by atoms with Crippen molar-refractivity contribution in [3.8, 4) is 0 Å². The lowest BCUT2D eigenvalue weighted by Crippen LogP contribution is -2.62. The van der Waals surface area contributed by atoms with Gasteiger partial charge in [0.15, 0.2) is 5.78 Å². The molecule has 0 saturated heterocycles. The first-order chi connectivity index (χ1) is 24.2. The zero-order chi connectivity index (χ0) is 37.7. The molecule has 2 aliphatic heterocycles. The Hall–Kier alpha value is -2.71. The molecule has 6 aliphatic rings. The summed E-state index contributed by atoms with van der Waals surface area (Å²) in [5, 5.41) is 25.2. The first-order valence-corrected chi connectivity index (χ1v) is 20.5. The molecule has 3 heterocycles. The van der Waals surface area contributed by atoms with Crippen molar-refractivity contribution < 1.29 is 24.5 Å². The van der Waals surface area contributed by atoms with Crippen LogP contribution in [0.3, 0.4) is 0 Å². The summed E-state index contributed by atoms with van der Waals surface area (Å²) in [4.78, 5) is 27.4. The van der Waals surface area contributed by atoms with Crippen LogP contribution in [0.4, 0.5) is 0 Å². The molecule has 0 amide bonds. The van der Waals surface area contributed by atoms with E-state index < -0.39 is 34.9 Å². The van der Waals surface area contributed by atoms with E-state index in [-0.39, 0.29) is 33.6 Å². The predicted octanol–water partition coefficient (Wildman–Crippen LogP) is 9.38. The number of Topliss-reactive ketones (excluding diaryl/α,β-unsaturated/α-hetero) is 1. The van der Waals surface area contributed by atoms with Gasteiger partial charge in [-0.3, -0.25) is 9.59 Å². The highest BCUT2D eigenvalue weighted by Crippen LogP contribution is 2.71. The number of hydrogen-bond acceptors (Lipinski definition) is 6. The fraction of sp³-hybridized carbons (Fsp3) is 0.600. The molecule has 4 aliphatic carbocycles. The average Bonchev–Trinajstić information content (AvgIpc) is 3.72. The summed E-state index contributed by atoms with van der Waals surface area (Å²) < 4.78 is 8.91. The summed E-state index contributed by atoms with van der Waals surface area (Å²) in [5.41, 5.74) is 6.61. The SMILES string of the molecule is C=C(C)[C@H]1C(=O)c2c3c(cc4c5c(n1c24)[C@@]1(C)C(CC[C@H]2[C@](C)(/C=C/C=C(\C)C(=O)SCC)[C@@H](O)CC[C@@]21C)C5)C1=CC(C)(C)OC(C)(C)C1[C@@H]3O. The number of ketones is 1. The van der Waals surface area contributed by atoms with Gasteiger partial charge in [0.25, 0.3) is 0 Å². The smallest absolute Gasteiger partial charge is 0.215 e. The van der Waals surface area contributed by atoms with E-state index in [4.69, 9.17) is 4.74 Å². The molecule has 2 aromatic rings. The number of hydrogen-bond donors (Lipinski definition) is 2. The molecular formula is C45H57NO5S. The van der Waals surface area contributed by atoms with E-state index in [0.29, 0.717) is 17.9 Å². The monoisotopic (exact) mass is 723 g/mol. The quantitative estimate of drug-likeness (QED) is 0.182. The largest absolute Gasteiger partial charge is 0.392 e. The van der Waals surface area contributed by atoms with Gasteiger partial charge in [0.05, 0.1) is 34.5 Å². The van der Waals surface area contributed by atoms with Crippen LogP contribution < -0.4 is 0 Å². The number of ether oxygens (including phenoxy) is 1. The van der Waals surface area contributed by atoms with Gasteiger partial charge < -0.3 is 19.5 Å². The fourth-order valence-corrected chi connectivity index (χ4v) is 13.4. The summed E-state index contributed by atoms with van der Waals surface area (Å²) >= 11 is 1.32. The van der Waals surface area contributed by atoms with Gasteiger partial charge >= 0.3 is 0 Å². The highest BCUT2D eigenvalue weighted by atomic mass is 32.2. The second-order valence-electron chi connectivity index (χ2n) is 18.8. The Morgan fingerprint density at radius 1 is 1.10 bits per heavy atom. The molecule has 1 aromatic heterocycles. The third-order valence-corrected chi connectivity index (χ3v) is 15.9. The van der Waals surface area contributed by atoms with Crippen LogP contribution in [-0.2, 0) is 21.4 Å². The predicted molar refractivity (Wildman–Crippen MR) is 211 cm³/mol. The average molecular weight is 724 g/mol. The Bertz CT molecular complexity index is 2060. The van der Waals surface area contributed by atoms with Gasteiger partial charge in [0, 0.05) is 39.0 Å². The van der Waals surface area contributed by atoms with Gasteiger partial charge in [-0.25, -0.2) is 0 Å². The molecule has 2 unspecified atom stereocenters. The molecule has 2 saturated carbocycles. The minimum absolute atomic E-state index is 0.0396. The second kappa shape index (κ2) is 11.4. The Morgan fingerprint density at radius 2 is 1.81 bits per heavy atom. The van der Waals surface area contributed by atoms with E-state index >= 15 is 0 Å². The Kier molecular flexibility index (Phi) is 7.96. The molecule has 9 atom stereocenters. The van der Waals surface area contributed by atoms with Crippen molar-refractivity contribution in [1.82, 2.24) is 4.57 Å². The topological polar surface area (TPSA) is 88.8 Å². The fourth-order valence-electron chi connectivity index (χ4n) is 12.8. The van der Waals surface area contributed by atoms with E-state index in [1.165, 1.54) is 23.0 Å². The van der Waals surface area contributed by atoms with Crippen molar-refractivity contribution in [3.63, 3.8) is 0 Å². The summed E-state index contributed by atoms with van der Waals surface area (Å²) in [5.74, 6) is 1.11. The maximum absolute atomic E-state index is 14.9. The molecule has 1 aromatic carbocycles. The number of aliphatic hydroxyl groups is 2. The number of aromatic nitrogens is 1. The third-order valence-electron chi connectivity index (χ3n) is 15.0. The number of nitrogens with zero attached hydrogens (tertiary/aromatic N) is 1. The summed E-state index contributed by atoms with van der Waals surface area (Å²) in [6.07, 6.45) is 11.5. The number of fused-ring (bicyclic) bond motifs is 11. The zero-order valence-corrected chi connectivity index (χ0v) is 33.6. The van der Waals surface area contributed by atoms with Crippen LogP contribution in [0, 0.1) is 28.6 Å². The van der Waals surface area contributed by atoms with Gasteiger partial charge in [0.2, 0.25) is 5.12 Å². The van der Waals surface area contributed by atoms with Crippen LogP contribution in [0.5, 0.6) is 0 Å². The standard InChI is InChI=1S/C45H57NO5S/c1-12-52-40(50)24(4)14-13-18-43(9)30-16-15-25-20-28-27-21-26-29-22-41(5,6)51-42(7,8)34(29)37(48)32(26)33-36(27)46(35(23(2)3)38(33)49)39(28)45(25,11)44(30,10)19-17-31(43)47/h13-14,18,21-22,25,30-31,34-35,37,47-48H,2,12,15-17,19-20H2,1,3-11H3/b18-13+,24-14+/t25?,30-,31-,34?,35-,37+,43-,44-,45+/m0/s1. The number of aliphatic hydroxyl groups excluding tert-OH is 2. The number of allylic oxidation sites excluding steroid dienone is 3. The highest BCUT2D eigenvalue weighted by molar-refractivity contribution is 8.14. The van der Waals surface area contributed by atoms with E-state index in [1.807, 2.05) is 32.9 Å². The molecule has 278 valence electrons. The molecule has 0 bridgehead atoms. The Balaban J connectivity index is 1.32. The van der Waals surface area contributed by atoms with Crippen LogP contribution in [-0.4, -0.2) is 48.7 Å². The first kappa shape index (κ1) is 36.3. The van der Waals surface area contributed by atoms with Crippen LogP contribution in [0.15, 0.2) is 48.1 Å². The van der Waals surface area contributed by atoms with Crippen LogP contribution in [0.25, 0.3) is 16.5 Å². The Labute approximate surface area is 313 Å². The molecule has 6 nitrogen and oxygen atoms in total. The lowest BCUT2D eigenvalue weighted by molar-refractivity contribution is -0.144. The van der Waals surface area contributed by atoms with Crippen molar-refractivity contribution in [3.05, 3.63) is 76.0 Å². The maximum Gasteiger partial charge on any atom is 0.215 e. The van der Waals surface area contributed by atoms with Gasteiger partial charge in [-0.2, -0.15) is 0 Å². The van der Waals surface area contributed by atoms with Crippen molar-refractivity contribution in [1.29, 1.82) is 0 Å². The van der Waals surface area contributed by atoms with E-state index in [9.17, 15) is 19.8 Å². The summed E-state index contributed by atoms with van der Waals surface area (Å²) in [6.45, 7) is 25.7. The maximum atomic E-state index is 14.9. The first-order valence-electron chi connectivity index (χ1n) is 19.5. The number of carbonyl (C=O) groups excluding carboxylic acids is 2. The number of benzene rings is 1. The molecule has 2 N–H and O–H groups in total. The number of rotatable bonds is 5. The van der Waals surface area contributed by atoms with Crippen molar-refractivity contribution >= 4 is 39.1 Å². The summed E-state index contributed by atoms with van der Waals surface area (Å²) in [6, 6.07) is 1.79. The highest BCUT2D eigenvalue weighted by Gasteiger charge is 2.67. The van der Waals surface area contributed by atoms with E-state index in [0.717, 1.165) is 70.2 Å². The molecule has 52 heavy (non-hydrogen) atoms. The van der Waals surface area contributed by atoms with Gasteiger partial charge in [-0.15, -0.1) is 0 Å². The van der Waals surface area contributed by atoms with Crippen molar-refractivity contribution in [2.45, 2.75) is 136 Å². The minimum Gasteiger partial charge on any atom is -0.392 e. The van der Waals surface area contributed by atoms with Gasteiger partial charge in [0.1, 0.15) is 6.04 Å². The molecule has 7 heteroatoms. The third kappa shape index (κ3) is 4.49. The molecular weight excluding hydrogens is 667 g/mol. The molecule has 8 rings (SSSR count). The van der Waals surface area contributed by atoms with Gasteiger partial charge in [-0.05, 0) is 125 Å². The van der Waals surface area contributed by atoms with Gasteiger partial charge in [-0.1, -0.05) is 69.8 Å². The lowest BCUT2D eigenvalue weighted by atomic mass is 9.40. The zero-order valence-electron chi connectivity index (χ0n) is 32.8. The van der Waals surface area contributed by atoms with Crippen LogP contribution >= 0.6 is 11.8 Å². The Morgan fingerprint density at radius 3 is 2.48 bits per heavy atom.